The molecule has 4 rings (SSSR count). The SMILES string of the molecule is O=c1cc(COc2cccnc2Cl)nc2cc(-c3ccco3)[nH]n12. The topological polar surface area (TPSA) is 85.4 Å². The Hall–Kier alpha value is -3.06. The lowest BCUT2D eigenvalue weighted by Gasteiger charge is -2.06. The van der Waals surface area contributed by atoms with Crippen molar-refractivity contribution in [3.8, 4) is 17.2 Å². The Bertz CT molecular complexity index is 1050. The highest BCUT2D eigenvalue weighted by molar-refractivity contribution is 6.30. The molecule has 8 heteroatoms. The smallest absolute Gasteiger partial charge is 0.273 e. The highest BCUT2D eigenvalue weighted by Gasteiger charge is 2.10. The molecule has 4 aromatic rings. The first kappa shape index (κ1) is 14.5. The second-order valence-corrected chi connectivity index (χ2v) is 5.37. The zero-order valence-corrected chi connectivity index (χ0v) is 13.0. The van der Waals surface area contributed by atoms with Gasteiger partial charge in [0.1, 0.15) is 12.3 Å². The van der Waals surface area contributed by atoms with Crippen LogP contribution in [-0.2, 0) is 6.61 Å². The van der Waals surface area contributed by atoms with E-state index in [1.165, 1.54) is 10.6 Å². The monoisotopic (exact) mass is 342 g/mol. The molecule has 0 saturated carbocycles. The number of halogens is 1. The summed E-state index contributed by atoms with van der Waals surface area (Å²) in [6.45, 7) is 0.110. The van der Waals surface area contributed by atoms with Gasteiger partial charge in [0.15, 0.2) is 22.3 Å². The molecule has 7 nitrogen and oxygen atoms in total. The fourth-order valence-corrected chi connectivity index (χ4v) is 2.48. The number of ether oxygens (including phenoxy) is 1. The van der Waals surface area contributed by atoms with Crippen molar-refractivity contribution in [2.75, 3.05) is 0 Å². The number of pyridine rings is 1. The molecule has 0 amide bonds. The summed E-state index contributed by atoms with van der Waals surface area (Å²) in [7, 11) is 0. The van der Waals surface area contributed by atoms with Crippen LogP contribution in [0, 0.1) is 0 Å². The van der Waals surface area contributed by atoms with Gasteiger partial charge in [-0.1, -0.05) is 11.6 Å². The fourth-order valence-electron chi connectivity index (χ4n) is 2.30. The molecular formula is C16H11ClN4O3. The van der Waals surface area contributed by atoms with E-state index in [0.717, 1.165) is 0 Å². The Labute approximate surface area is 140 Å². The van der Waals surface area contributed by atoms with Crippen LogP contribution in [0.4, 0.5) is 0 Å². The molecule has 0 bridgehead atoms. The van der Waals surface area contributed by atoms with Gasteiger partial charge in [0.05, 0.1) is 12.0 Å². The lowest BCUT2D eigenvalue weighted by Crippen LogP contribution is -2.16. The minimum atomic E-state index is -0.242. The van der Waals surface area contributed by atoms with E-state index in [-0.39, 0.29) is 17.3 Å². The Morgan fingerprint density at radius 3 is 3.00 bits per heavy atom. The van der Waals surface area contributed by atoms with E-state index in [9.17, 15) is 4.79 Å². The number of hydrogen-bond acceptors (Lipinski definition) is 5. The maximum Gasteiger partial charge on any atom is 0.273 e. The summed E-state index contributed by atoms with van der Waals surface area (Å²) in [4.78, 5) is 20.6. The molecule has 0 radical (unpaired) electrons. The number of furan rings is 1. The zero-order valence-electron chi connectivity index (χ0n) is 12.3. The summed E-state index contributed by atoms with van der Waals surface area (Å²) in [6, 6.07) is 10.1. The van der Waals surface area contributed by atoms with E-state index < -0.39 is 0 Å². The Morgan fingerprint density at radius 2 is 2.21 bits per heavy atom. The Morgan fingerprint density at radius 1 is 1.29 bits per heavy atom. The molecule has 0 aliphatic heterocycles. The number of fused-ring (bicyclic) bond motifs is 1. The summed E-state index contributed by atoms with van der Waals surface area (Å²) in [5.74, 6) is 1.06. The van der Waals surface area contributed by atoms with Crippen molar-refractivity contribution < 1.29 is 9.15 Å². The minimum Gasteiger partial charge on any atom is -0.484 e. The molecule has 0 aliphatic rings. The second-order valence-electron chi connectivity index (χ2n) is 5.01. The van der Waals surface area contributed by atoms with Gasteiger partial charge in [-0.15, -0.1) is 0 Å². The van der Waals surface area contributed by atoms with Gasteiger partial charge < -0.3 is 9.15 Å². The average Bonchev–Trinajstić information content (AvgIpc) is 3.23. The van der Waals surface area contributed by atoms with Crippen LogP contribution in [0.15, 0.2) is 58.1 Å². The predicted molar refractivity (Wildman–Crippen MR) is 87.1 cm³/mol. The van der Waals surface area contributed by atoms with Crippen LogP contribution in [0.2, 0.25) is 5.15 Å². The lowest BCUT2D eigenvalue weighted by molar-refractivity contribution is 0.300. The molecular weight excluding hydrogens is 332 g/mol. The number of nitrogens with one attached hydrogen (secondary N) is 1. The van der Waals surface area contributed by atoms with E-state index in [4.69, 9.17) is 20.8 Å². The Kier molecular flexibility index (Phi) is 3.55. The van der Waals surface area contributed by atoms with Crippen molar-refractivity contribution in [3.63, 3.8) is 0 Å². The maximum absolute atomic E-state index is 12.2. The summed E-state index contributed by atoms with van der Waals surface area (Å²) in [5, 5.41) is 3.21. The lowest BCUT2D eigenvalue weighted by atomic mass is 10.3. The van der Waals surface area contributed by atoms with Crippen LogP contribution in [0.1, 0.15) is 5.69 Å². The maximum atomic E-state index is 12.2. The number of nitrogens with zero attached hydrogens (tertiary/aromatic N) is 3. The quantitative estimate of drug-likeness (QED) is 0.576. The molecule has 120 valence electrons. The molecule has 0 saturated heterocycles. The van der Waals surface area contributed by atoms with Gasteiger partial charge in [-0.05, 0) is 24.3 Å². The number of aromatic amines is 1. The normalized spacial score (nSPS) is 11.0. The minimum absolute atomic E-state index is 0.110. The highest BCUT2D eigenvalue weighted by Crippen LogP contribution is 2.22. The van der Waals surface area contributed by atoms with Crippen LogP contribution in [0.3, 0.4) is 0 Å². The van der Waals surface area contributed by atoms with Crippen molar-refractivity contribution in [1.29, 1.82) is 0 Å². The van der Waals surface area contributed by atoms with Crippen molar-refractivity contribution in [3.05, 3.63) is 70.1 Å². The van der Waals surface area contributed by atoms with Crippen molar-refractivity contribution in [2.45, 2.75) is 6.61 Å². The number of hydrogen-bond donors (Lipinski definition) is 1. The molecule has 0 spiro atoms. The second kappa shape index (κ2) is 5.86. The molecule has 4 aromatic heterocycles. The first-order valence-electron chi connectivity index (χ1n) is 7.09. The summed E-state index contributed by atoms with van der Waals surface area (Å²) >= 11 is 5.94. The average molecular weight is 343 g/mol. The van der Waals surface area contributed by atoms with Gasteiger partial charge >= 0.3 is 0 Å². The van der Waals surface area contributed by atoms with Gasteiger partial charge in [-0.2, -0.15) is 0 Å². The third kappa shape index (κ3) is 2.65. The number of aromatic nitrogens is 4. The van der Waals surface area contributed by atoms with Crippen LogP contribution in [0.5, 0.6) is 5.75 Å². The van der Waals surface area contributed by atoms with Crippen molar-refractivity contribution in [1.82, 2.24) is 19.6 Å². The van der Waals surface area contributed by atoms with Crippen LogP contribution < -0.4 is 10.3 Å². The molecule has 1 N–H and O–H groups in total. The van der Waals surface area contributed by atoms with Crippen molar-refractivity contribution in [2.24, 2.45) is 0 Å². The van der Waals surface area contributed by atoms with Gasteiger partial charge in [0.2, 0.25) is 0 Å². The first-order valence-corrected chi connectivity index (χ1v) is 7.47. The highest BCUT2D eigenvalue weighted by atomic mass is 35.5. The van der Waals surface area contributed by atoms with E-state index >= 15 is 0 Å². The van der Waals surface area contributed by atoms with Crippen LogP contribution in [0.25, 0.3) is 17.1 Å². The summed E-state index contributed by atoms with van der Waals surface area (Å²) in [5.41, 5.74) is 1.39. The molecule has 0 aliphatic carbocycles. The van der Waals surface area contributed by atoms with Gasteiger partial charge in [0.25, 0.3) is 5.56 Å². The van der Waals surface area contributed by atoms with E-state index in [0.29, 0.717) is 28.5 Å². The molecule has 0 aromatic carbocycles. The van der Waals surface area contributed by atoms with E-state index in [1.807, 2.05) is 0 Å². The van der Waals surface area contributed by atoms with E-state index in [1.54, 1.807) is 42.8 Å². The molecule has 0 unspecified atom stereocenters. The standard InChI is InChI=1S/C16H11ClN4O3/c17-16-13(3-1-5-18-16)24-9-10-7-15(22)21-14(19-10)8-11(20-21)12-4-2-6-23-12/h1-8,20H,9H2. The molecule has 24 heavy (non-hydrogen) atoms. The van der Waals surface area contributed by atoms with Crippen LogP contribution >= 0.6 is 11.6 Å². The number of H-pyrrole nitrogens is 1. The number of rotatable bonds is 4. The van der Waals surface area contributed by atoms with Crippen LogP contribution in [-0.4, -0.2) is 19.6 Å². The zero-order chi connectivity index (χ0) is 16.5. The fraction of sp³-hybridized carbons (Fsp3) is 0.0625. The third-order valence-corrected chi connectivity index (χ3v) is 3.67. The molecule has 0 fully saturated rings. The van der Waals surface area contributed by atoms with Gasteiger partial charge in [0, 0.05) is 18.3 Å². The Balaban J connectivity index is 1.65. The van der Waals surface area contributed by atoms with Gasteiger partial charge in [-0.25, -0.2) is 14.5 Å². The first-order chi connectivity index (χ1) is 11.7. The largest absolute Gasteiger partial charge is 0.484 e. The van der Waals surface area contributed by atoms with Crippen molar-refractivity contribution >= 4 is 17.2 Å². The van der Waals surface area contributed by atoms with E-state index in [2.05, 4.69) is 15.1 Å². The summed E-state index contributed by atoms with van der Waals surface area (Å²) in [6.07, 6.45) is 3.13. The van der Waals surface area contributed by atoms with Gasteiger partial charge in [-0.3, -0.25) is 9.89 Å². The predicted octanol–water partition coefficient (Wildman–Crippen LogP) is 2.91. The molecule has 0 atom stereocenters. The summed E-state index contributed by atoms with van der Waals surface area (Å²) < 4.78 is 12.2. The third-order valence-electron chi connectivity index (χ3n) is 3.39. The molecule has 4 heterocycles.